The lowest BCUT2D eigenvalue weighted by atomic mass is 10.0. The Labute approximate surface area is 146 Å². The molecule has 3 rings (SSSR count). The average Bonchev–Trinajstić information content (AvgIpc) is 2.96. The molecule has 25 heavy (non-hydrogen) atoms. The Morgan fingerprint density at radius 3 is 2.32 bits per heavy atom. The summed E-state index contributed by atoms with van der Waals surface area (Å²) in [7, 11) is 1.68. The van der Waals surface area contributed by atoms with Crippen molar-refractivity contribution in [2.75, 3.05) is 0 Å². The van der Waals surface area contributed by atoms with Crippen LogP contribution in [0.15, 0.2) is 35.3 Å². The minimum Gasteiger partial charge on any atom is -0.306 e. The van der Waals surface area contributed by atoms with Crippen LogP contribution in [-0.4, -0.2) is 14.3 Å². The van der Waals surface area contributed by atoms with Crippen LogP contribution in [0.1, 0.15) is 6.92 Å². The van der Waals surface area contributed by atoms with Crippen molar-refractivity contribution >= 4 is 11.6 Å². The summed E-state index contributed by atoms with van der Waals surface area (Å²) in [5.41, 5.74) is -0.480. The van der Waals surface area contributed by atoms with Gasteiger partial charge in [-0.1, -0.05) is 11.6 Å². The Hall–Kier alpha value is -2.54. The van der Waals surface area contributed by atoms with Crippen molar-refractivity contribution in [3.8, 4) is 22.5 Å². The fourth-order valence-corrected chi connectivity index (χ4v) is 2.94. The maximum atomic E-state index is 14.4. The highest BCUT2D eigenvalue weighted by Gasteiger charge is 2.23. The van der Waals surface area contributed by atoms with Gasteiger partial charge >= 0.3 is 0 Å². The lowest BCUT2D eigenvalue weighted by Crippen LogP contribution is -2.23. The van der Waals surface area contributed by atoms with Gasteiger partial charge in [-0.25, -0.2) is 13.2 Å². The number of hydrogen-bond donors (Lipinski definition) is 0. The minimum atomic E-state index is -1.11. The topological polar surface area (TPSA) is 39.8 Å². The normalized spacial score (nSPS) is 11.1. The predicted molar refractivity (Wildman–Crippen MR) is 88.9 cm³/mol. The quantitative estimate of drug-likeness (QED) is 0.701. The van der Waals surface area contributed by atoms with Gasteiger partial charge in [-0.3, -0.25) is 9.48 Å². The van der Waals surface area contributed by atoms with Crippen LogP contribution in [0.4, 0.5) is 13.2 Å². The molecule has 4 nitrogen and oxygen atoms in total. The molecule has 0 saturated heterocycles. The molecule has 8 heteroatoms. The number of halogens is 4. The van der Waals surface area contributed by atoms with E-state index in [4.69, 9.17) is 11.6 Å². The Bertz CT molecular complexity index is 1000. The lowest BCUT2D eigenvalue weighted by molar-refractivity contribution is 0.545. The summed E-state index contributed by atoms with van der Waals surface area (Å²) in [5, 5.41) is 4.11. The molecule has 0 radical (unpaired) electrons. The van der Waals surface area contributed by atoms with E-state index in [1.54, 1.807) is 26.2 Å². The van der Waals surface area contributed by atoms with E-state index in [1.165, 1.54) is 10.7 Å². The van der Waals surface area contributed by atoms with Crippen LogP contribution in [0, 0.1) is 17.5 Å². The highest BCUT2D eigenvalue weighted by molar-refractivity contribution is 6.30. The van der Waals surface area contributed by atoms with E-state index in [0.29, 0.717) is 17.8 Å². The summed E-state index contributed by atoms with van der Waals surface area (Å²) in [4.78, 5) is 12.4. The third-order valence-corrected chi connectivity index (χ3v) is 4.07. The first-order valence-corrected chi connectivity index (χ1v) is 7.79. The molecule has 0 N–H and O–H groups in total. The van der Waals surface area contributed by atoms with E-state index in [1.807, 2.05) is 0 Å². The van der Waals surface area contributed by atoms with Crippen LogP contribution in [0.5, 0.6) is 0 Å². The lowest BCUT2D eigenvalue weighted by Gasteiger charge is -2.17. The summed E-state index contributed by atoms with van der Waals surface area (Å²) in [5.74, 6) is -3.27. The molecule has 2 aromatic heterocycles. The van der Waals surface area contributed by atoms with Gasteiger partial charge in [-0.2, -0.15) is 5.10 Å². The molecule has 0 aliphatic heterocycles. The third kappa shape index (κ3) is 2.95. The Balaban J connectivity index is 2.47. The monoisotopic (exact) mass is 367 g/mol. The van der Waals surface area contributed by atoms with Crippen LogP contribution < -0.4 is 5.56 Å². The fourth-order valence-electron chi connectivity index (χ4n) is 2.73. The summed E-state index contributed by atoms with van der Waals surface area (Å²) in [6.45, 7) is 1.76. The fraction of sp³-hybridized carbons (Fsp3) is 0.176. The number of nitrogens with zero attached hydrogens (tertiary/aromatic N) is 3. The van der Waals surface area contributed by atoms with Gasteiger partial charge in [0.1, 0.15) is 22.5 Å². The zero-order valence-corrected chi connectivity index (χ0v) is 14.1. The maximum Gasteiger partial charge on any atom is 0.269 e. The average molecular weight is 368 g/mol. The van der Waals surface area contributed by atoms with Gasteiger partial charge in [0.15, 0.2) is 0 Å². The molecule has 1 aromatic carbocycles. The van der Waals surface area contributed by atoms with Gasteiger partial charge in [0.25, 0.3) is 5.56 Å². The molecule has 0 aliphatic carbocycles. The summed E-state index contributed by atoms with van der Waals surface area (Å²) < 4.78 is 44.7. The molecule has 130 valence electrons. The molecule has 0 bridgehead atoms. The van der Waals surface area contributed by atoms with Crippen LogP contribution in [-0.2, 0) is 13.6 Å². The molecule has 3 aromatic rings. The van der Waals surface area contributed by atoms with E-state index in [0.717, 1.165) is 4.57 Å². The highest BCUT2D eigenvalue weighted by atomic mass is 35.5. The van der Waals surface area contributed by atoms with Crippen LogP contribution in [0.25, 0.3) is 22.5 Å². The summed E-state index contributed by atoms with van der Waals surface area (Å²) in [6, 6.07) is 4.08. The van der Waals surface area contributed by atoms with Gasteiger partial charge in [0, 0.05) is 37.5 Å². The standard InChI is InChI=1S/C17H13ClF3N3O/c1-3-24-16(15-12(20)6-9(19)7-13(15)21)10(8-11(18)17(24)25)14-4-5-23(2)22-14/h4-8H,3H2,1-2H3. The smallest absolute Gasteiger partial charge is 0.269 e. The van der Waals surface area contributed by atoms with Crippen LogP contribution in [0.3, 0.4) is 0 Å². The first-order chi connectivity index (χ1) is 11.8. The molecular weight excluding hydrogens is 355 g/mol. The van der Waals surface area contributed by atoms with E-state index >= 15 is 0 Å². The highest BCUT2D eigenvalue weighted by Crippen LogP contribution is 2.35. The van der Waals surface area contributed by atoms with E-state index < -0.39 is 28.6 Å². The Morgan fingerprint density at radius 2 is 1.80 bits per heavy atom. The number of aromatic nitrogens is 3. The number of pyridine rings is 1. The molecular formula is C17H13ClF3N3O. The predicted octanol–water partition coefficient (Wildman–Crippen LogP) is 4.01. The van der Waals surface area contributed by atoms with Gasteiger partial charge < -0.3 is 4.57 Å². The number of hydrogen-bond acceptors (Lipinski definition) is 2. The zero-order chi connectivity index (χ0) is 18.3. The van der Waals surface area contributed by atoms with Crippen molar-refractivity contribution < 1.29 is 13.2 Å². The zero-order valence-electron chi connectivity index (χ0n) is 13.4. The molecule has 2 heterocycles. The second-order valence-electron chi connectivity index (χ2n) is 5.42. The molecule has 0 amide bonds. The molecule has 0 spiro atoms. The van der Waals surface area contributed by atoms with Gasteiger partial charge in [-0.15, -0.1) is 0 Å². The molecule has 0 fully saturated rings. The van der Waals surface area contributed by atoms with Crippen molar-refractivity contribution in [2.24, 2.45) is 7.05 Å². The summed E-state index contributed by atoms with van der Waals surface area (Å²) >= 11 is 6.00. The van der Waals surface area contributed by atoms with Crippen molar-refractivity contribution in [2.45, 2.75) is 13.5 Å². The number of benzene rings is 1. The SMILES string of the molecule is CCn1c(-c2c(F)cc(F)cc2F)c(-c2ccn(C)n2)cc(Cl)c1=O. The molecule has 0 unspecified atom stereocenters. The second-order valence-corrected chi connectivity index (χ2v) is 5.83. The van der Waals surface area contributed by atoms with E-state index in [-0.39, 0.29) is 22.8 Å². The van der Waals surface area contributed by atoms with Gasteiger partial charge in [0.2, 0.25) is 0 Å². The van der Waals surface area contributed by atoms with Crippen molar-refractivity contribution in [3.05, 3.63) is 63.3 Å². The van der Waals surface area contributed by atoms with Crippen molar-refractivity contribution in [3.63, 3.8) is 0 Å². The third-order valence-electron chi connectivity index (χ3n) is 3.80. The molecule has 0 atom stereocenters. The van der Waals surface area contributed by atoms with Crippen LogP contribution >= 0.6 is 11.6 Å². The number of rotatable bonds is 3. The molecule has 0 saturated carbocycles. The van der Waals surface area contributed by atoms with E-state index in [9.17, 15) is 18.0 Å². The first kappa shape index (κ1) is 17.3. The van der Waals surface area contributed by atoms with Crippen molar-refractivity contribution in [1.82, 2.24) is 14.3 Å². The second kappa shape index (κ2) is 6.40. The maximum absolute atomic E-state index is 14.4. The van der Waals surface area contributed by atoms with Gasteiger partial charge in [-0.05, 0) is 19.1 Å². The van der Waals surface area contributed by atoms with Gasteiger partial charge in [0.05, 0.1) is 17.0 Å². The van der Waals surface area contributed by atoms with Crippen LogP contribution in [0.2, 0.25) is 5.02 Å². The van der Waals surface area contributed by atoms with E-state index in [2.05, 4.69) is 5.10 Å². The first-order valence-electron chi connectivity index (χ1n) is 7.41. The summed E-state index contributed by atoms with van der Waals surface area (Å²) in [6.07, 6.45) is 1.64. The Kier molecular flexibility index (Phi) is 4.43. The Morgan fingerprint density at radius 1 is 1.16 bits per heavy atom. The van der Waals surface area contributed by atoms with Crippen molar-refractivity contribution in [1.29, 1.82) is 0 Å². The number of aryl methyl sites for hydroxylation is 1. The minimum absolute atomic E-state index is 0.0365. The molecule has 0 aliphatic rings. The largest absolute Gasteiger partial charge is 0.306 e.